The van der Waals surface area contributed by atoms with E-state index in [0.717, 1.165) is 25.7 Å². The fourth-order valence-corrected chi connectivity index (χ4v) is 7.02. The van der Waals surface area contributed by atoms with Crippen LogP contribution in [0.2, 0.25) is 0 Å². The predicted octanol–water partition coefficient (Wildman–Crippen LogP) is 2.69. The molecular formula is C37H63N7O7. The Kier molecular flexibility index (Phi) is 16.7. The molecule has 6 amide bonds. The van der Waals surface area contributed by atoms with E-state index in [2.05, 4.69) is 38.7 Å². The molecule has 0 aromatic carbocycles. The van der Waals surface area contributed by atoms with Crippen LogP contribution < -0.4 is 26.6 Å². The highest BCUT2D eigenvalue weighted by molar-refractivity contribution is 6.06. The van der Waals surface area contributed by atoms with Crippen molar-refractivity contribution in [3.05, 3.63) is 0 Å². The number of oxime groups is 1. The fourth-order valence-electron chi connectivity index (χ4n) is 7.02. The van der Waals surface area contributed by atoms with Crippen molar-refractivity contribution in [3.63, 3.8) is 0 Å². The largest absolute Gasteiger partial charge is 0.389 e. The first-order valence-corrected chi connectivity index (χ1v) is 19.3. The summed E-state index contributed by atoms with van der Waals surface area (Å²) in [6, 6.07) is -4.60. The predicted molar refractivity (Wildman–Crippen MR) is 194 cm³/mol. The summed E-state index contributed by atoms with van der Waals surface area (Å²) >= 11 is 0. The Hall–Kier alpha value is -3.71. The molecule has 288 valence electrons. The fraction of sp³-hybridized carbons (Fsp3) is 0.811. The number of unbranched alkanes of at least 4 members (excludes halogenated alkanes) is 6. The van der Waals surface area contributed by atoms with Crippen LogP contribution in [-0.2, 0) is 33.6 Å². The van der Waals surface area contributed by atoms with Gasteiger partial charge in [-0.1, -0.05) is 85.2 Å². The van der Waals surface area contributed by atoms with E-state index in [9.17, 15) is 28.8 Å². The molecule has 7 atom stereocenters. The second-order valence-corrected chi connectivity index (χ2v) is 15.1. The minimum absolute atomic E-state index is 0.0371. The van der Waals surface area contributed by atoms with Crippen LogP contribution in [0.3, 0.4) is 0 Å². The van der Waals surface area contributed by atoms with Gasteiger partial charge in [0.1, 0.15) is 36.1 Å². The van der Waals surface area contributed by atoms with Gasteiger partial charge in [0.05, 0.1) is 12.3 Å². The van der Waals surface area contributed by atoms with E-state index < -0.39 is 77.7 Å². The Morgan fingerprint density at radius 3 is 2.10 bits per heavy atom. The van der Waals surface area contributed by atoms with Gasteiger partial charge in [0.25, 0.3) is 0 Å². The van der Waals surface area contributed by atoms with Crippen LogP contribution in [0.25, 0.3) is 0 Å². The molecule has 0 aromatic heterocycles. The summed E-state index contributed by atoms with van der Waals surface area (Å²) in [7, 11) is 0. The zero-order chi connectivity index (χ0) is 37.7. The minimum Gasteiger partial charge on any atom is -0.389 e. The van der Waals surface area contributed by atoms with Crippen LogP contribution >= 0.6 is 0 Å². The van der Waals surface area contributed by atoms with Crippen LogP contribution in [0.4, 0.5) is 0 Å². The van der Waals surface area contributed by atoms with Gasteiger partial charge in [0.2, 0.25) is 35.4 Å². The summed E-state index contributed by atoms with van der Waals surface area (Å²) in [5.41, 5.74) is 0.561. The van der Waals surface area contributed by atoms with E-state index in [0.29, 0.717) is 37.9 Å². The van der Waals surface area contributed by atoms with E-state index in [4.69, 9.17) is 4.84 Å². The second-order valence-electron chi connectivity index (χ2n) is 15.1. The molecular weight excluding hydrogens is 654 g/mol. The lowest BCUT2D eigenvalue weighted by atomic mass is 9.91. The molecule has 2 saturated heterocycles. The van der Waals surface area contributed by atoms with Crippen LogP contribution in [0, 0.1) is 17.8 Å². The van der Waals surface area contributed by atoms with Crippen LogP contribution in [0.5, 0.6) is 0 Å². The Bertz CT molecular complexity index is 1260. The zero-order valence-corrected chi connectivity index (χ0v) is 31.8. The first kappa shape index (κ1) is 41.7. The molecule has 51 heavy (non-hydrogen) atoms. The smallest absolute Gasteiger partial charge is 0.245 e. The van der Waals surface area contributed by atoms with E-state index >= 15 is 0 Å². The molecule has 2 fully saturated rings. The number of rotatable bonds is 12. The minimum atomic E-state index is -0.968. The third-order valence-corrected chi connectivity index (χ3v) is 10.0. The molecule has 0 spiro atoms. The summed E-state index contributed by atoms with van der Waals surface area (Å²) < 4.78 is 0. The van der Waals surface area contributed by atoms with E-state index in [-0.39, 0.29) is 24.8 Å². The maximum absolute atomic E-state index is 14.1. The van der Waals surface area contributed by atoms with Crippen molar-refractivity contribution in [3.8, 4) is 0 Å². The average molecular weight is 718 g/mol. The standard InChI is InChI=1S/C37H63N7O7/c1-8-10-11-12-13-14-15-17-26-30-29(51-43-26)21-38-32(45)25(9-2)40-36(49)31(23(5)6)42-34(47)28-18-16-19-44(28)37(50)24(7)39-33(46)27(20-22(3)4)41-35(30)48/h22-25,27-31H,8-21H2,1-7H3,(H,38,45)(H,39,46)(H,40,49)(H,41,48)(H,42,47)/t24-,25+,27+,28+,29+,30-,31+/m1/s1. The van der Waals surface area contributed by atoms with Crippen molar-refractivity contribution < 1.29 is 33.6 Å². The summed E-state index contributed by atoms with van der Waals surface area (Å²) in [5, 5.41) is 18.4. The molecule has 0 aromatic rings. The normalized spacial score (nSPS) is 28.6. The maximum atomic E-state index is 14.1. The average Bonchev–Trinajstić information content (AvgIpc) is 3.74. The van der Waals surface area contributed by atoms with Gasteiger partial charge in [-0.25, -0.2) is 0 Å². The number of nitrogens with zero attached hydrogens (tertiary/aromatic N) is 2. The first-order valence-electron chi connectivity index (χ1n) is 19.3. The van der Waals surface area contributed by atoms with Crippen LogP contribution in [0.15, 0.2) is 5.16 Å². The van der Waals surface area contributed by atoms with Gasteiger partial charge in [0, 0.05) is 6.54 Å². The van der Waals surface area contributed by atoms with Crippen LogP contribution in [-0.4, -0.2) is 95.5 Å². The van der Waals surface area contributed by atoms with Gasteiger partial charge in [-0.05, 0) is 57.3 Å². The number of carbonyl (C=O) groups is 6. The Morgan fingerprint density at radius 1 is 0.784 bits per heavy atom. The monoisotopic (exact) mass is 717 g/mol. The highest BCUT2D eigenvalue weighted by Crippen LogP contribution is 2.24. The highest BCUT2D eigenvalue weighted by atomic mass is 16.6. The van der Waals surface area contributed by atoms with Crippen molar-refractivity contribution in [1.82, 2.24) is 31.5 Å². The highest BCUT2D eigenvalue weighted by Gasteiger charge is 2.43. The maximum Gasteiger partial charge on any atom is 0.245 e. The molecule has 3 heterocycles. The number of amides is 6. The van der Waals surface area contributed by atoms with E-state index in [1.807, 2.05) is 13.8 Å². The van der Waals surface area contributed by atoms with Gasteiger partial charge in [-0.15, -0.1) is 0 Å². The lowest BCUT2D eigenvalue weighted by molar-refractivity contribution is -0.142. The molecule has 0 radical (unpaired) electrons. The SMILES string of the molecule is CCCCCCCCCC1=NO[C@H]2CNC(=O)[C@H](CC)NC(=O)[C@H](C(C)C)NC(=O)[C@@H]3CCCN3C(=O)[C@@H](C)NC(=O)[C@H](CC(C)C)NC(=O)[C@H]12. The number of carbonyl (C=O) groups excluding carboxylic acids is 6. The quantitative estimate of drug-likeness (QED) is 0.192. The summed E-state index contributed by atoms with van der Waals surface area (Å²) in [4.78, 5) is 89.0. The first-order chi connectivity index (χ1) is 24.3. The Balaban J connectivity index is 1.91. The lowest BCUT2D eigenvalue weighted by Gasteiger charge is -2.31. The van der Waals surface area contributed by atoms with Crippen molar-refractivity contribution in [2.24, 2.45) is 22.9 Å². The van der Waals surface area contributed by atoms with Gasteiger partial charge in [-0.2, -0.15) is 0 Å². The van der Waals surface area contributed by atoms with Gasteiger partial charge in [-0.3, -0.25) is 28.8 Å². The number of hydrogen-bond acceptors (Lipinski definition) is 8. The summed E-state index contributed by atoms with van der Waals surface area (Å²) in [6.07, 6.45) is 8.92. The number of hydrogen-bond donors (Lipinski definition) is 5. The second kappa shape index (κ2) is 20.4. The molecule has 3 aliphatic rings. The molecule has 0 aliphatic carbocycles. The molecule has 5 N–H and O–H groups in total. The third-order valence-electron chi connectivity index (χ3n) is 10.0. The van der Waals surface area contributed by atoms with E-state index in [1.165, 1.54) is 24.2 Å². The molecule has 0 bridgehead atoms. The van der Waals surface area contributed by atoms with Crippen molar-refractivity contribution in [1.29, 1.82) is 0 Å². The molecule has 14 nitrogen and oxygen atoms in total. The van der Waals surface area contributed by atoms with Crippen molar-refractivity contribution >= 4 is 41.2 Å². The summed E-state index contributed by atoms with van der Waals surface area (Å²) in [5.74, 6) is -3.95. The Labute approximate surface area is 303 Å². The lowest BCUT2D eigenvalue weighted by Crippen LogP contribution is -2.60. The zero-order valence-electron chi connectivity index (χ0n) is 31.8. The Morgan fingerprint density at radius 2 is 1.45 bits per heavy atom. The number of fused-ring (bicyclic) bond motifs is 2. The molecule has 14 heteroatoms. The van der Waals surface area contributed by atoms with Gasteiger partial charge < -0.3 is 36.3 Å². The van der Waals surface area contributed by atoms with Crippen molar-refractivity contribution in [2.45, 2.75) is 162 Å². The topological polar surface area (TPSA) is 187 Å². The van der Waals surface area contributed by atoms with Crippen molar-refractivity contribution in [2.75, 3.05) is 13.1 Å². The summed E-state index contributed by atoms with van der Waals surface area (Å²) in [6.45, 7) is 13.2. The number of nitrogens with one attached hydrogen (secondary N) is 5. The van der Waals surface area contributed by atoms with E-state index in [1.54, 1.807) is 27.7 Å². The molecule has 3 rings (SSSR count). The van der Waals surface area contributed by atoms with Gasteiger partial charge in [0.15, 0.2) is 6.10 Å². The molecule has 3 aliphatic heterocycles. The molecule has 0 unspecified atom stereocenters. The van der Waals surface area contributed by atoms with Crippen LogP contribution in [0.1, 0.15) is 126 Å². The third kappa shape index (κ3) is 11.9. The van der Waals surface area contributed by atoms with Gasteiger partial charge >= 0.3 is 0 Å². The molecule has 0 saturated carbocycles.